The molecule has 0 aliphatic heterocycles. The zero-order chi connectivity index (χ0) is 23.1. The van der Waals surface area contributed by atoms with Gasteiger partial charge in [-0.05, 0) is 41.8 Å². The second-order valence-electron chi connectivity index (χ2n) is 6.82. The summed E-state index contributed by atoms with van der Waals surface area (Å²) in [5, 5.41) is 11.9. The van der Waals surface area contributed by atoms with Crippen LogP contribution >= 0.6 is 0 Å². The van der Waals surface area contributed by atoms with Crippen LogP contribution in [0.1, 0.15) is 22.3 Å². The monoisotopic (exact) mass is 460 g/mol. The number of nitrogens with one attached hydrogen (secondary N) is 1. The van der Waals surface area contributed by atoms with E-state index in [2.05, 4.69) is 15.0 Å². The van der Waals surface area contributed by atoms with E-state index in [0.29, 0.717) is 34.0 Å². The number of methoxy groups -OCH3 is 1. The van der Waals surface area contributed by atoms with Crippen LogP contribution in [0.3, 0.4) is 0 Å². The van der Waals surface area contributed by atoms with Gasteiger partial charge in [-0.1, -0.05) is 24.3 Å². The summed E-state index contributed by atoms with van der Waals surface area (Å²) < 4.78 is 45.8. The minimum atomic E-state index is -1.26. The Morgan fingerprint density at radius 3 is 2.69 bits per heavy atom. The van der Waals surface area contributed by atoms with E-state index >= 15 is 0 Å². The van der Waals surface area contributed by atoms with Crippen molar-refractivity contribution in [1.29, 1.82) is 0 Å². The van der Waals surface area contributed by atoms with Crippen LogP contribution in [0.25, 0.3) is 11.1 Å². The van der Waals surface area contributed by atoms with Crippen LogP contribution in [0.15, 0.2) is 59.6 Å². The Morgan fingerprint density at radius 2 is 1.97 bits per heavy atom. The number of aliphatic hydroxyl groups excluding tert-OH is 1. The number of nitrogens with zero attached hydrogens (tertiary/aromatic N) is 1. The number of esters is 1. The summed E-state index contributed by atoms with van der Waals surface area (Å²) in [4.78, 5) is 16.7. The smallest absolute Gasteiger partial charge is 0.341 e. The molecule has 1 unspecified atom stereocenters. The number of carbonyl (C=O) groups is 1. The fourth-order valence-electron chi connectivity index (χ4n) is 3.08. The van der Waals surface area contributed by atoms with E-state index in [4.69, 9.17) is 5.11 Å². The van der Waals surface area contributed by atoms with Gasteiger partial charge >= 0.3 is 5.97 Å². The summed E-state index contributed by atoms with van der Waals surface area (Å²) in [6.45, 7) is 0.0762. The van der Waals surface area contributed by atoms with Gasteiger partial charge in [0.05, 0.1) is 17.9 Å². The second-order valence-corrected chi connectivity index (χ2v) is 8.39. The lowest BCUT2D eigenvalue weighted by Gasteiger charge is -2.12. The molecule has 0 bridgehead atoms. The molecule has 0 saturated carbocycles. The first-order chi connectivity index (χ1) is 15.4. The second kappa shape index (κ2) is 10.9. The third-order valence-corrected chi connectivity index (χ3v) is 6.15. The molecule has 1 atom stereocenters. The molecule has 3 rings (SSSR count). The van der Waals surface area contributed by atoms with E-state index in [9.17, 15) is 17.8 Å². The standard InChI is InChI=1S/C23H22F2N2O4S/c1-31-23(29)22-18(4-2-5-19(22)24)15-6-7-16(20(25)12-15)14-27-21-13-17(8-9-26-21)32(30)11-3-10-28/h2,4-9,12-13,28H,3,10-11,14H2,1H3,(H,26,27). The molecule has 6 nitrogen and oxygen atoms in total. The number of anilines is 1. The van der Waals surface area contributed by atoms with E-state index in [1.165, 1.54) is 30.5 Å². The van der Waals surface area contributed by atoms with Gasteiger partial charge in [-0.2, -0.15) is 0 Å². The number of rotatable bonds is 9. The highest BCUT2D eigenvalue weighted by atomic mass is 32.2. The number of aromatic nitrogens is 1. The lowest BCUT2D eigenvalue weighted by atomic mass is 9.98. The van der Waals surface area contributed by atoms with Gasteiger partial charge < -0.3 is 15.2 Å². The molecular formula is C23H22F2N2O4S. The van der Waals surface area contributed by atoms with Crippen molar-refractivity contribution in [2.75, 3.05) is 24.8 Å². The van der Waals surface area contributed by atoms with E-state index in [1.54, 1.807) is 18.2 Å². The van der Waals surface area contributed by atoms with Gasteiger partial charge in [0.1, 0.15) is 23.0 Å². The van der Waals surface area contributed by atoms with Crippen LogP contribution in [0.4, 0.5) is 14.6 Å². The average molecular weight is 461 g/mol. The van der Waals surface area contributed by atoms with Crippen molar-refractivity contribution in [3.63, 3.8) is 0 Å². The van der Waals surface area contributed by atoms with Crippen LogP contribution < -0.4 is 5.32 Å². The SMILES string of the molecule is COC(=O)c1c(F)cccc1-c1ccc(CNc2cc(S(=O)CCCO)ccn2)c(F)c1. The Balaban J connectivity index is 1.77. The lowest BCUT2D eigenvalue weighted by Crippen LogP contribution is -2.07. The zero-order valence-corrected chi connectivity index (χ0v) is 18.1. The molecule has 9 heteroatoms. The average Bonchev–Trinajstić information content (AvgIpc) is 2.81. The van der Waals surface area contributed by atoms with Crippen LogP contribution in [0.2, 0.25) is 0 Å². The van der Waals surface area contributed by atoms with Gasteiger partial charge in [0.25, 0.3) is 0 Å². The number of hydrogen-bond acceptors (Lipinski definition) is 6. The summed E-state index contributed by atoms with van der Waals surface area (Å²) in [6, 6.07) is 11.7. The molecular weight excluding hydrogens is 438 g/mol. The third-order valence-electron chi connectivity index (χ3n) is 4.71. The molecule has 0 amide bonds. The molecule has 32 heavy (non-hydrogen) atoms. The predicted molar refractivity (Wildman–Crippen MR) is 118 cm³/mol. The highest BCUT2D eigenvalue weighted by molar-refractivity contribution is 7.85. The molecule has 168 valence electrons. The minimum absolute atomic E-state index is 0.0338. The van der Waals surface area contributed by atoms with Gasteiger partial charge in [-0.25, -0.2) is 18.6 Å². The van der Waals surface area contributed by atoms with Crippen LogP contribution in [0, 0.1) is 11.6 Å². The molecule has 2 N–H and O–H groups in total. The predicted octanol–water partition coefficient (Wildman–Crippen LogP) is 3.92. The van der Waals surface area contributed by atoms with E-state index in [0.717, 1.165) is 13.2 Å². The Hall–Kier alpha value is -3.17. The number of ether oxygens (including phenoxy) is 1. The molecule has 1 heterocycles. The molecule has 0 aliphatic carbocycles. The Bertz CT molecular complexity index is 1140. The summed E-state index contributed by atoms with van der Waals surface area (Å²) >= 11 is 0. The summed E-state index contributed by atoms with van der Waals surface area (Å²) in [5.74, 6) is -1.36. The van der Waals surface area contributed by atoms with Crippen molar-refractivity contribution in [3.05, 3.63) is 77.5 Å². The summed E-state index contributed by atoms with van der Waals surface area (Å²) in [5.41, 5.74) is 0.648. The fraction of sp³-hybridized carbons (Fsp3) is 0.217. The van der Waals surface area contributed by atoms with Crippen molar-refractivity contribution in [2.24, 2.45) is 0 Å². The lowest BCUT2D eigenvalue weighted by molar-refractivity contribution is 0.0596. The Kier molecular flexibility index (Phi) is 8.02. The van der Waals surface area contributed by atoms with Gasteiger partial charge in [-0.3, -0.25) is 4.21 Å². The molecule has 0 aliphatic rings. The number of pyridine rings is 1. The molecule has 0 radical (unpaired) electrons. The Morgan fingerprint density at radius 1 is 1.16 bits per heavy atom. The van der Waals surface area contributed by atoms with Gasteiger partial charge in [0.15, 0.2) is 0 Å². The maximum atomic E-state index is 14.8. The first-order valence-corrected chi connectivity index (χ1v) is 11.1. The zero-order valence-electron chi connectivity index (χ0n) is 17.3. The molecule has 2 aromatic carbocycles. The Labute approximate surface area is 186 Å². The summed E-state index contributed by atoms with van der Waals surface area (Å²) in [6.07, 6.45) is 1.94. The van der Waals surface area contributed by atoms with Gasteiger partial charge in [0.2, 0.25) is 0 Å². The van der Waals surface area contributed by atoms with Crippen LogP contribution in [0.5, 0.6) is 0 Å². The van der Waals surface area contributed by atoms with Crippen molar-refractivity contribution in [2.45, 2.75) is 17.9 Å². The van der Waals surface area contributed by atoms with E-state index < -0.39 is 28.4 Å². The highest BCUT2D eigenvalue weighted by Gasteiger charge is 2.19. The van der Waals surface area contributed by atoms with Crippen molar-refractivity contribution >= 4 is 22.6 Å². The number of aliphatic hydroxyl groups is 1. The minimum Gasteiger partial charge on any atom is -0.465 e. The topological polar surface area (TPSA) is 88.5 Å². The van der Waals surface area contributed by atoms with Crippen molar-refractivity contribution < 1.29 is 27.6 Å². The molecule has 3 aromatic rings. The normalized spacial score (nSPS) is 11.8. The van der Waals surface area contributed by atoms with Gasteiger partial charge in [-0.15, -0.1) is 0 Å². The first kappa shape index (κ1) is 23.5. The highest BCUT2D eigenvalue weighted by Crippen LogP contribution is 2.28. The number of benzene rings is 2. The van der Waals surface area contributed by atoms with Gasteiger partial charge in [0, 0.05) is 35.6 Å². The van der Waals surface area contributed by atoms with Crippen LogP contribution in [-0.4, -0.2) is 39.7 Å². The van der Waals surface area contributed by atoms with Crippen molar-refractivity contribution in [1.82, 2.24) is 4.98 Å². The quantitative estimate of drug-likeness (QED) is 0.471. The number of hydrogen-bond donors (Lipinski definition) is 2. The van der Waals surface area contributed by atoms with Crippen LogP contribution in [-0.2, 0) is 22.1 Å². The first-order valence-electron chi connectivity index (χ1n) is 9.79. The van der Waals surface area contributed by atoms with E-state index in [1.807, 2.05) is 0 Å². The maximum Gasteiger partial charge on any atom is 0.341 e. The molecule has 0 saturated heterocycles. The summed E-state index contributed by atoms with van der Waals surface area (Å²) in [7, 11) is -0.110. The molecule has 1 aromatic heterocycles. The van der Waals surface area contributed by atoms with E-state index in [-0.39, 0.29) is 24.3 Å². The fourth-order valence-corrected chi connectivity index (χ4v) is 4.16. The largest absolute Gasteiger partial charge is 0.465 e. The van der Waals surface area contributed by atoms with Crippen molar-refractivity contribution in [3.8, 4) is 11.1 Å². The number of halogens is 2. The maximum absolute atomic E-state index is 14.8. The third kappa shape index (κ3) is 5.54. The molecule has 0 spiro atoms. The number of carbonyl (C=O) groups excluding carboxylic acids is 1. The molecule has 0 fully saturated rings.